The van der Waals surface area contributed by atoms with Crippen molar-refractivity contribution in [1.82, 2.24) is 9.88 Å². The zero-order valence-electron chi connectivity index (χ0n) is 19.3. The Labute approximate surface area is 212 Å². The fraction of sp³-hybridized carbons (Fsp3) is 0.423. The fourth-order valence-electron chi connectivity index (χ4n) is 5.06. The van der Waals surface area contributed by atoms with Gasteiger partial charge in [0.1, 0.15) is 22.8 Å². The van der Waals surface area contributed by atoms with Gasteiger partial charge in [-0.05, 0) is 91.8 Å². The van der Waals surface area contributed by atoms with Gasteiger partial charge in [0.2, 0.25) is 5.89 Å². The minimum absolute atomic E-state index is 0.125. The third-order valence-corrected chi connectivity index (χ3v) is 7.84. The number of hydrogen-bond acceptors (Lipinski definition) is 6. The van der Waals surface area contributed by atoms with E-state index in [-0.39, 0.29) is 17.9 Å². The van der Waals surface area contributed by atoms with E-state index in [0.717, 1.165) is 41.4 Å². The van der Waals surface area contributed by atoms with E-state index < -0.39 is 5.60 Å². The molecule has 0 radical (unpaired) electrons. The zero-order chi connectivity index (χ0) is 24.2. The fourth-order valence-corrected chi connectivity index (χ4v) is 5.63. The number of hydrogen-bond donors (Lipinski definition) is 0. The molecular formula is C26H25BrClN3O3. The van der Waals surface area contributed by atoms with Crippen LogP contribution in [0.25, 0.3) is 22.6 Å². The van der Waals surface area contributed by atoms with Crippen LogP contribution < -0.4 is 0 Å². The Morgan fingerprint density at radius 2 is 2.15 bits per heavy atom. The molecule has 5 rings (SSSR count). The van der Waals surface area contributed by atoms with Gasteiger partial charge in [0.25, 0.3) is 0 Å². The topological polar surface area (TPSA) is 79.4 Å². The molecule has 2 heterocycles. The summed E-state index contributed by atoms with van der Waals surface area (Å²) in [5.74, 6) is 0.136. The second kappa shape index (κ2) is 8.67. The molecule has 8 heteroatoms. The molecule has 0 spiro atoms. The highest BCUT2D eigenvalue weighted by molar-refractivity contribution is 9.10. The van der Waals surface area contributed by atoms with E-state index in [1.165, 1.54) is 0 Å². The molecule has 34 heavy (non-hydrogen) atoms. The SMILES string of the molecule is CC(C)(C)OC(=O)[C@@H]1CCN([C@H]2CCc3c2cc2nc(-c4cccc(Br)c4Cl)oc2c3C#N)C1. The standard InChI is InChI=1S/C26H25BrClN3O3/c1-26(2,3)34-25(32)14-9-10-31(13-14)21-8-7-15-17(21)11-20-23(18(15)12-29)33-24(30-20)16-5-4-6-19(27)22(16)28/h4-6,11,14,21H,7-10,13H2,1-3H3/t14-,21+/m1/s1. The molecule has 2 aromatic carbocycles. The summed E-state index contributed by atoms with van der Waals surface area (Å²) >= 11 is 9.91. The van der Waals surface area contributed by atoms with Crippen molar-refractivity contribution in [2.45, 2.75) is 51.7 Å². The number of ether oxygens (including phenoxy) is 1. The van der Waals surface area contributed by atoms with Gasteiger partial charge in [0.05, 0.1) is 16.5 Å². The molecule has 0 saturated carbocycles. The average molecular weight is 543 g/mol. The van der Waals surface area contributed by atoms with Crippen LogP contribution in [0, 0.1) is 17.2 Å². The number of benzene rings is 2. The lowest BCUT2D eigenvalue weighted by Gasteiger charge is -2.25. The van der Waals surface area contributed by atoms with Crippen LogP contribution in [0.2, 0.25) is 5.02 Å². The van der Waals surface area contributed by atoms with Crippen LogP contribution in [0.3, 0.4) is 0 Å². The first kappa shape index (κ1) is 23.3. The summed E-state index contributed by atoms with van der Waals surface area (Å²) in [6, 6.07) is 10.1. The van der Waals surface area contributed by atoms with Gasteiger partial charge >= 0.3 is 5.97 Å². The van der Waals surface area contributed by atoms with Crippen LogP contribution in [0.15, 0.2) is 33.2 Å². The monoisotopic (exact) mass is 541 g/mol. The van der Waals surface area contributed by atoms with E-state index in [4.69, 9.17) is 25.7 Å². The molecule has 0 bridgehead atoms. The molecule has 1 aliphatic carbocycles. The summed E-state index contributed by atoms with van der Waals surface area (Å²) in [4.78, 5) is 19.6. The zero-order valence-corrected chi connectivity index (χ0v) is 21.7. The Hall–Kier alpha value is -2.40. The third kappa shape index (κ3) is 4.13. The minimum atomic E-state index is -0.486. The lowest BCUT2D eigenvalue weighted by atomic mass is 10.0. The van der Waals surface area contributed by atoms with Crippen LogP contribution >= 0.6 is 27.5 Å². The Kier molecular flexibility index (Phi) is 5.96. The van der Waals surface area contributed by atoms with Gasteiger partial charge in [0, 0.05) is 17.1 Å². The maximum absolute atomic E-state index is 12.6. The first-order valence-electron chi connectivity index (χ1n) is 11.4. The summed E-state index contributed by atoms with van der Waals surface area (Å²) < 4.78 is 12.4. The van der Waals surface area contributed by atoms with Crippen molar-refractivity contribution in [1.29, 1.82) is 5.26 Å². The molecule has 176 valence electrons. The maximum Gasteiger partial charge on any atom is 0.310 e. The van der Waals surface area contributed by atoms with E-state index in [0.29, 0.717) is 39.7 Å². The molecule has 0 amide bonds. The number of rotatable bonds is 3. The van der Waals surface area contributed by atoms with Gasteiger partial charge in [-0.3, -0.25) is 9.69 Å². The average Bonchev–Trinajstić information content (AvgIpc) is 3.50. The van der Waals surface area contributed by atoms with Crippen LogP contribution in [-0.2, 0) is 16.0 Å². The number of nitriles is 1. The number of likely N-dealkylation sites (tertiary alicyclic amines) is 1. The summed E-state index contributed by atoms with van der Waals surface area (Å²) in [6.07, 6.45) is 2.48. The maximum atomic E-state index is 12.6. The molecule has 2 aliphatic rings. The molecule has 1 fully saturated rings. The number of halogens is 2. The largest absolute Gasteiger partial charge is 0.460 e. The van der Waals surface area contributed by atoms with E-state index in [2.05, 4.69) is 26.9 Å². The highest BCUT2D eigenvalue weighted by Gasteiger charge is 2.39. The summed E-state index contributed by atoms with van der Waals surface area (Å²) in [6.45, 7) is 7.18. The van der Waals surface area contributed by atoms with Crippen molar-refractivity contribution in [3.05, 3.63) is 50.5 Å². The predicted molar refractivity (Wildman–Crippen MR) is 133 cm³/mol. The second-order valence-electron chi connectivity index (χ2n) is 9.97. The molecule has 0 unspecified atom stereocenters. The van der Waals surface area contributed by atoms with Gasteiger partial charge in [0.15, 0.2) is 5.58 Å². The number of carbonyl (C=O) groups excluding carboxylic acids is 1. The van der Waals surface area contributed by atoms with Crippen molar-refractivity contribution in [3.63, 3.8) is 0 Å². The number of fused-ring (bicyclic) bond motifs is 2. The number of esters is 1. The second-order valence-corrected chi connectivity index (χ2v) is 11.2. The quantitative estimate of drug-likeness (QED) is 0.355. The van der Waals surface area contributed by atoms with E-state index in [1.807, 2.05) is 45.0 Å². The van der Waals surface area contributed by atoms with Crippen LogP contribution in [0.5, 0.6) is 0 Å². The Morgan fingerprint density at radius 3 is 2.88 bits per heavy atom. The Morgan fingerprint density at radius 1 is 1.35 bits per heavy atom. The molecule has 2 atom stereocenters. The lowest BCUT2D eigenvalue weighted by molar-refractivity contribution is -0.159. The molecule has 1 aliphatic heterocycles. The molecule has 3 aromatic rings. The van der Waals surface area contributed by atoms with Gasteiger partial charge in [-0.25, -0.2) is 4.98 Å². The highest BCUT2D eigenvalue weighted by Crippen LogP contribution is 2.44. The van der Waals surface area contributed by atoms with Gasteiger partial charge in [-0.1, -0.05) is 17.7 Å². The smallest absolute Gasteiger partial charge is 0.310 e. The van der Waals surface area contributed by atoms with E-state index in [1.54, 1.807) is 0 Å². The number of aromatic nitrogens is 1. The van der Waals surface area contributed by atoms with Crippen LogP contribution in [0.4, 0.5) is 0 Å². The van der Waals surface area contributed by atoms with Crippen molar-refractivity contribution in [2.24, 2.45) is 5.92 Å². The highest BCUT2D eigenvalue weighted by atomic mass is 79.9. The van der Waals surface area contributed by atoms with E-state index in [9.17, 15) is 10.1 Å². The molecular weight excluding hydrogens is 518 g/mol. The molecule has 0 N–H and O–H groups in total. The predicted octanol–water partition coefficient (Wildman–Crippen LogP) is 6.43. The first-order chi connectivity index (χ1) is 16.2. The van der Waals surface area contributed by atoms with E-state index >= 15 is 0 Å². The third-order valence-electron chi connectivity index (χ3n) is 6.54. The van der Waals surface area contributed by atoms with Gasteiger partial charge < -0.3 is 9.15 Å². The normalized spacial score (nSPS) is 20.5. The molecule has 1 aromatic heterocycles. The number of carbonyl (C=O) groups is 1. The summed E-state index contributed by atoms with van der Waals surface area (Å²) in [5, 5.41) is 10.5. The Balaban J connectivity index is 1.48. The van der Waals surface area contributed by atoms with Crippen molar-refractivity contribution in [2.75, 3.05) is 13.1 Å². The van der Waals surface area contributed by atoms with Crippen LogP contribution in [-0.4, -0.2) is 34.5 Å². The summed E-state index contributed by atoms with van der Waals surface area (Å²) in [5.41, 5.74) is 4.00. The van der Waals surface area contributed by atoms with Crippen molar-refractivity contribution >= 4 is 44.6 Å². The number of nitrogens with zero attached hydrogens (tertiary/aromatic N) is 3. The lowest BCUT2D eigenvalue weighted by Crippen LogP contribution is -2.31. The molecule has 1 saturated heterocycles. The van der Waals surface area contributed by atoms with Gasteiger partial charge in [-0.15, -0.1) is 0 Å². The van der Waals surface area contributed by atoms with Gasteiger partial charge in [-0.2, -0.15) is 5.26 Å². The summed E-state index contributed by atoms with van der Waals surface area (Å²) in [7, 11) is 0. The van der Waals surface area contributed by atoms with Crippen molar-refractivity contribution < 1.29 is 13.9 Å². The number of oxazole rings is 1. The minimum Gasteiger partial charge on any atom is -0.460 e. The molecule has 6 nitrogen and oxygen atoms in total. The Bertz CT molecular complexity index is 1340. The first-order valence-corrected chi connectivity index (χ1v) is 12.6. The van der Waals surface area contributed by atoms with Crippen molar-refractivity contribution in [3.8, 4) is 17.5 Å². The van der Waals surface area contributed by atoms with Crippen LogP contribution in [0.1, 0.15) is 56.3 Å².